The number of benzene rings is 1. The number of carboxylic acids is 1. The van der Waals surface area contributed by atoms with Crippen LogP contribution in [0.2, 0.25) is 5.02 Å². The van der Waals surface area contributed by atoms with Crippen molar-refractivity contribution >= 4 is 35.0 Å². The Morgan fingerprint density at radius 3 is 2.95 bits per heavy atom. The van der Waals surface area contributed by atoms with E-state index >= 15 is 0 Å². The van der Waals surface area contributed by atoms with Gasteiger partial charge in [-0.3, -0.25) is 0 Å². The lowest BCUT2D eigenvalue weighted by molar-refractivity contribution is -0.131. The topological polar surface area (TPSA) is 68.7 Å². The van der Waals surface area contributed by atoms with Crippen molar-refractivity contribution < 1.29 is 19.4 Å². The SMILES string of the molecule is COc1cc(Cl)cc(/C=C/C(=O)O)c1OCc1cscn1. The van der Waals surface area contributed by atoms with Crippen LogP contribution in [0.1, 0.15) is 11.3 Å². The molecule has 0 aliphatic heterocycles. The summed E-state index contributed by atoms with van der Waals surface area (Å²) in [5.74, 6) is -0.199. The number of carbonyl (C=O) groups is 1. The van der Waals surface area contributed by atoms with Crippen molar-refractivity contribution in [3.8, 4) is 11.5 Å². The molecule has 0 saturated carbocycles. The lowest BCUT2D eigenvalue weighted by Crippen LogP contribution is -2.00. The number of hydrogen-bond acceptors (Lipinski definition) is 5. The summed E-state index contributed by atoms with van der Waals surface area (Å²) < 4.78 is 10.9. The van der Waals surface area contributed by atoms with Crippen molar-refractivity contribution in [2.24, 2.45) is 0 Å². The van der Waals surface area contributed by atoms with Gasteiger partial charge in [-0.05, 0) is 12.1 Å². The van der Waals surface area contributed by atoms with Crippen LogP contribution in [0.15, 0.2) is 29.1 Å². The van der Waals surface area contributed by atoms with Gasteiger partial charge in [0.05, 0.1) is 18.3 Å². The molecule has 0 aliphatic carbocycles. The fourth-order valence-corrected chi connectivity index (χ4v) is 2.39. The van der Waals surface area contributed by atoms with Gasteiger partial charge in [-0.1, -0.05) is 11.6 Å². The molecular weight excluding hydrogens is 314 g/mol. The van der Waals surface area contributed by atoms with E-state index in [-0.39, 0.29) is 6.61 Å². The molecule has 0 fully saturated rings. The molecule has 2 aromatic rings. The minimum Gasteiger partial charge on any atom is -0.493 e. The fraction of sp³-hybridized carbons (Fsp3) is 0.143. The maximum absolute atomic E-state index is 10.7. The molecule has 1 heterocycles. The zero-order valence-corrected chi connectivity index (χ0v) is 12.6. The molecule has 0 radical (unpaired) electrons. The molecule has 1 aromatic carbocycles. The first-order chi connectivity index (χ1) is 10.1. The highest BCUT2D eigenvalue weighted by atomic mass is 35.5. The molecular formula is C14H12ClNO4S. The fourth-order valence-electron chi connectivity index (χ4n) is 1.63. The highest BCUT2D eigenvalue weighted by molar-refractivity contribution is 7.07. The minimum absolute atomic E-state index is 0.259. The molecule has 0 aliphatic rings. The lowest BCUT2D eigenvalue weighted by atomic mass is 10.1. The number of aromatic nitrogens is 1. The van der Waals surface area contributed by atoms with E-state index < -0.39 is 5.97 Å². The van der Waals surface area contributed by atoms with Crippen molar-refractivity contribution in [1.29, 1.82) is 0 Å². The molecule has 5 nitrogen and oxygen atoms in total. The molecule has 0 unspecified atom stereocenters. The molecule has 7 heteroatoms. The summed E-state index contributed by atoms with van der Waals surface area (Å²) in [6.45, 7) is 0.259. The standard InChI is InChI=1S/C14H12ClNO4S/c1-19-12-5-10(15)4-9(2-3-13(17)18)14(12)20-6-11-7-21-8-16-11/h2-5,7-8H,6H2,1H3,(H,17,18)/b3-2+. The number of halogens is 1. The highest BCUT2D eigenvalue weighted by Crippen LogP contribution is 2.36. The third-order valence-corrected chi connectivity index (χ3v) is 3.38. The molecule has 1 aromatic heterocycles. The Hall–Kier alpha value is -2.05. The van der Waals surface area contributed by atoms with Crippen LogP contribution in [0.4, 0.5) is 0 Å². The molecule has 0 atom stereocenters. The van der Waals surface area contributed by atoms with Crippen molar-refractivity contribution in [2.45, 2.75) is 6.61 Å². The van der Waals surface area contributed by atoms with Crippen LogP contribution in [-0.2, 0) is 11.4 Å². The normalized spacial score (nSPS) is 10.8. The van der Waals surface area contributed by atoms with Crippen molar-refractivity contribution in [3.05, 3.63) is 45.4 Å². The number of aliphatic carboxylic acids is 1. The summed E-state index contributed by atoms with van der Waals surface area (Å²) >= 11 is 7.46. The van der Waals surface area contributed by atoms with E-state index in [9.17, 15) is 4.79 Å². The number of ether oxygens (including phenoxy) is 2. The third-order valence-electron chi connectivity index (χ3n) is 2.52. The van der Waals surface area contributed by atoms with Crippen molar-refractivity contribution in [3.63, 3.8) is 0 Å². The largest absolute Gasteiger partial charge is 0.493 e. The molecule has 21 heavy (non-hydrogen) atoms. The van der Waals surface area contributed by atoms with Crippen LogP contribution < -0.4 is 9.47 Å². The molecule has 110 valence electrons. The summed E-state index contributed by atoms with van der Waals surface area (Å²) in [5, 5.41) is 11.0. The van der Waals surface area contributed by atoms with E-state index in [2.05, 4.69) is 4.98 Å². The van der Waals surface area contributed by atoms with E-state index in [0.717, 1.165) is 11.8 Å². The first-order valence-corrected chi connectivity index (χ1v) is 7.20. The molecule has 0 amide bonds. The first kappa shape index (κ1) is 15.3. The van der Waals surface area contributed by atoms with Crippen LogP contribution in [0.3, 0.4) is 0 Å². The minimum atomic E-state index is -1.06. The van der Waals surface area contributed by atoms with Gasteiger partial charge in [0.1, 0.15) is 6.61 Å². The second-order valence-corrected chi connectivity index (χ2v) is 5.12. The van der Waals surface area contributed by atoms with Gasteiger partial charge < -0.3 is 14.6 Å². The predicted octanol–water partition coefficient (Wildman–Crippen LogP) is 3.48. The monoisotopic (exact) mass is 325 g/mol. The number of methoxy groups -OCH3 is 1. The second kappa shape index (κ2) is 7.10. The summed E-state index contributed by atoms with van der Waals surface area (Å²) in [5.41, 5.74) is 3.02. The summed E-state index contributed by atoms with van der Waals surface area (Å²) in [4.78, 5) is 14.8. The van der Waals surface area contributed by atoms with Gasteiger partial charge in [0.25, 0.3) is 0 Å². The maximum Gasteiger partial charge on any atom is 0.328 e. The van der Waals surface area contributed by atoms with Gasteiger partial charge in [-0.25, -0.2) is 9.78 Å². The van der Waals surface area contributed by atoms with Crippen LogP contribution in [0.25, 0.3) is 6.08 Å². The van der Waals surface area contributed by atoms with Crippen LogP contribution in [0.5, 0.6) is 11.5 Å². The van der Waals surface area contributed by atoms with Gasteiger partial charge in [-0.15, -0.1) is 11.3 Å². The Morgan fingerprint density at radius 2 is 2.33 bits per heavy atom. The molecule has 2 rings (SSSR count). The molecule has 0 saturated heterocycles. The zero-order chi connectivity index (χ0) is 15.2. The second-order valence-electron chi connectivity index (χ2n) is 3.97. The lowest BCUT2D eigenvalue weighted by Gasteiger charge is -2.13. The predicted molar refractivity (Wildman–Crippen MR) is 81.1 cm³/mol. The smallest absolute Gasteiger partial charge is 0.328 e. The number of thiazole rings is 1. The Bertz CT molecular complexity index is 655. The van der Waals surface area contributed by atoms with E-state index in [1.165, 1.54) is 24.5 Å². The van der Waals surface area contributed by atoms with Crippen LogP contribution in [0, 0.1) is 0 Å². The van der Waals surface area contributed by atoms with Gasteiger partial charge in [0, 0.05) is 28.1 Å². The van der Waals surface area contributed by atoms with E-state index in [0.29, 0.717) is 22.1 Å². The highest BCUT2D eigenvalue weighted by Gasteiger charge is 2.12. The zero-order valence-electron chi connectivity index (χ0n) is 11.1. The number of hydrogen-bond donors (Lipinski definition) is 1. The van der Waals surface area contributed by atoms with E-state index in [4.69, 9.17) is 26.2 Å². The van der Waals surface area contributed by atoms with Crippen molar-refractivity contribution in [2.75, 3.05) is 7.11 Å². The molecule has 0 bridgehead atoms. The summed E-state index contributed by atoms with van der Waals surface area (Å²) in [7, 11) is 1.49. The van der Waals surface area contributed by atoms with E-state index in [1.54, 1.807) is 17.6 Å². The Kier molecular flexibility index (Phi) is 5.19. The van der Waals surface area contributed by atoms with Gasteiger partial charge in [0.15, 0.2) is 11.5 Å². The molecule has 1 N–H and O–H groups in total. The van der Waals surface area contributed by atoms with E-state index in [1.807, 2.05) is 5.38 Å². The maximum atomic E-state index is 10.7. The quantitative estimate of drug-likeness (QED) is 0.823. The summed E-state index contributed by atoms with van der Waals surface area (Å²) in [6, 6.07) is 3.22. The average Bonchev–Trinajstić information content (AvgIpc) is 2.96. The van der Waals surface area contributed by atoms with Gasteiger partial charge >= 0.3 is 5.97 Å². The van der Waals surface area contributed by atoms with Crippen LogP contribution in [-0.4, -0.2) is 23.2 Å². The Balaban J connectivity index is 2.32. The Morgan fingerprint density at radius 1 is 1.52 bits per heavy atom. The Labute approximate surface area is 130 Å². The third kappa shape index (κ3) is 4.21. The van der Waals surface area contributed by atoms with Crippen molar-refractivity contribution in [1.82, 2.24) is 4.98 Å². The average molecular weight is 326 g/mol. The number of nitrogens with zero attached hydrogens (tertiary/aromatic N) is 1. The van der Waals surface area contributed by atoms with Gasteiger partial charge in [0.2, 0.25) is 0 Å². The number of carboxylic acid groups (broad SMARTS) is 1. The van der Waals surface area contributed by atoms with Gasteiger partial charge in [-0.2, -0.15) is 0 Å². The molecule has 0 spiro atoms. The van der Waals surface area contributed by atoms with Crippen LogP contribution >= 0.6 is 22.9 Å². The number of rotatable bonds is 6. The summed E-state index contributed by atoms with van der Waals surface area (Å²) in [6.07, 6.45) is 2.42. The first-order valence-electron chi connectivity index (χ1n) is 5.88.